The van der Waals surface area contributed by atoms with E-state index in [1.807, 2.05) is 0 Å². The molecule has 0 spiro atoms. The molecule has 152 valence electrons. The number of benzene rings is 2. The number of aromatic nitrogens is 3. The van der Waals surface area contributed by atoms with Crippen molar-refractivity contribution >= 4 is 46.6 Å². The molecule has 0 bridgehead atoms. The predicted octanol–water partition coefficient (Wildman–Crippen LogP) is 5.13. The molecule has 29 heavy (non-hydrogen) atoms. The van der Waals surface area contributed by atoms with Gasteiger partial charge in [-0.25, -0.2) is 4.39 Å². The summed E-state index contributed by atoms with van der Waals surface area (Å²) < 4.78 is 20.7. The van der Waals surface area contributed by atoms with Crippen LogP contribution in [-0.4, -0.2) is 26.4 Å². The summed E-state index contributed by atoms with van der Waals surface area (Å²) in [6, 6.07) is 10.8. The molecular weight excluding hydrogens is 438 g/mol. The summed E-state index contributed by atoms with van der Waals surface area (Å²) in [5.41, 5.74) is 0.625. The number of amides is 1. The van der Waals surface area contributed by atoms with Crippen molar-refractivity contribution in [2.75, 3.05) is 11.1 Å². The zero-order valence-electron chi connectivity index (χ0n) is 15.5. The van der Waals surface area contributed by atoms with Crippen LogP contribution in [0.1, 0.15) is 18.9 Å². The van der Waals surface area contributed by atoms with Crippen LogP contribution in [0.15, 0.2) is 47.6 Å². The molecule has 1 N–H and O–H groups in total. The van der Waals surface area contributed by atoms with Crippen LogP contribution in [0.4, 0.5) is 10.1 Å². The van der Waals surface area contributed by atoms with Crippen molar-refractivity contribution in [2.45, 2.75) is 18.2 Å². The molecule has 6 nitrogen and oxygen atoms in total. The Labute approximate surface area is 181 Å². The third-order valence-corrected chi connectivity index (χ3v) is 5.42. The van der Waals surface area contributed by atoms with Crippen molar-refractivity contribution in [1.82, 2.24) is 14.8 Å². The van der Waals surface area contributed by atoms with Crippen LogP contribution < -0.4 is 10.1 Å². The Hall–Kier alpha value is -2.29. The minimum absolute atomic E-state index is 0.150. The third kappa shape index (κ3) is 5.62. The number of hydrogen-bond acceptors (Lipinski definition) is 5. The maximum absolute atomic E-state index is 13.2. The van der Waals surface area contributed by atoms with Crippen LogP contribution in [0.3, 0.4) is 0 Å². The number of anilines is 1. The number of nitrogens with one attached hydrogen (secondary N) is 1. The number of carbonyl (C=O) groups is 1. The Balaban J connectivity index is 1.60. The van der Waals surface area contributed by atoms with Gasteiger partial charge in [0.1, 0.15) is 11.6 Å². The molecule has 1 aromatic heterocycles. The molecule has 2 aromatic carbocycles. The molecule has 0 aliphatic rings. The number of carbonyl (C=O) groups excluding carboxylic acids is 1. The highest BCUT2D eigenvalue weighted by molar-refractivity contribution is 7.99. The van der Waals surface area contributed by atoms with E-state index in [4.69, 9.17) is 27.9 Å². The molecule has 0 saturated heterocycles. The first-order valence-corrected chi connectivity index (χ1v) is 10.3. The van der Waals surface area contributed by atoms with Crippen LogP contribution in [0.2, 0.25) is 10.0 Å². The van der Waals surface area contributed by atoms with Gasteiger partial charge in [-0.15, -0.1) is 10.2 Å². The van der Waals surface area contributed by atoms with E-state index < -0.39 is 11.9 Å². The summed E-state index contributed by atoms with van der Waals surface area (Å²) in [6.07, 6.45) is -0.481. The van der Waals surface area contributed by atoms with Gasteiger partial charge in [0, 0.05) is 17.8 Å². The molecule has 1 atom stereocenters. The summed E-state index contributed by atoms with van der Waals surface area (Å²) in [5, 5.41) is 12.3. The van der Waals surface area contributed by atoms with E-state index in [0.717, 1.165) is 0 Å². The summed E-state index contributed by atoms with van der Waals surface area (Å²) in [5.74, 6) is 0.409. The van der Waals surface area contributed by atoms with E-state index in [0.29, 0.717) is 27.4 Å². The highest BCUT2D eigenvalue weighted by atomic mass is 35.5. The van der Waals surface area contributed by atoms with E-state index >= 15 is 0 Å². The first-order valence-electron chi connectivity index (χ1n) is 8.52. The fraction of sp³-hybridized carbons (Fsp3) is 0.211. The van der Waals surface area contributed by atoms with Gasteiger partial charge in [0.2, 0.25) is 5.91 Å². The zero-order chi connectivity index (χ0) is 21.0. The lowest BCUT2D eigenvalue weighted by Crippen LogP contribution is -2.14. The molecule has 1 unspecified atom stereocenters. The van der Waals surface area contributed by atoms with Gasteiger partial charge in [-0.1, -0.05) is 41.0 Å². The quantitative estimate of drug-likeness (QED) is 0.501. The van der Waals surface area contributed by atoms with Crippen molar-refractivity contribution in [2.24, 2.45) is 7.05 Å². The van der Waals surface area contributed by atoms with Crippen LogP contribution >= 0.6 is 35.0 Å². The van der Waals surface area contributed by atoms with Gasteiger partial charge in [0.15, 0.2) is 17.1 Å². The molecule has 1 heterocycles. The molecular formula is C19H17Cl2FN4O2S. The fourth-order valence-corrected chi connectivity index (χ4v) is 3.63. The zero-order valence-corrected chi connectivity index (χ0v) is 17.9. The summed E-state index contributed by atoms with van der Waals surface area (Å²) in [7, 11) is 1.78. The Morgan fingerprint density at radius 2 is 2.07 bits per heavy atom. The van der Waals surface area contributed by atoms with Gasteiger partial charge in [-0.3, -0.25) is 4.79 Å². The number of halogens is 3. The molecule has 0 aliphatic heterocycles. The highest BCUT2D eigenvalue weighted by Gasteiger charge is 2.19. The van der Waals surface area contributed by atoms with Crippen molar-refractivity contribution in [3.63, 3.8) is 0 Å². The second-order valence-corrected chi connectivity index (χ2v) is 7.87. The Kier molecular flexibility index (Phi) is 7.00. The Morgan fingerprint density at radius 3 is 2.79 bits per heavy atom. The first kappa shape index (κ1) is 21.4. The van der Waals surface area contributed by atoms with E-state index in [-0.39, 0.29) is 16.7 Å². The van der Waals surface area contributed by atoms with Crippen molar-refractivity contribution in [3.8, 4) is 5.75 Å². The average molecular weight is 455 g/mol. The number of nitrogens with zero attached hydrogens (tertiary/aromatic N) is 3. The van der Waals surface area contributed by atoms with E-state index in [2.05, 4.69) is 15.5 Å². The van der Waals surface area contributed by atoms with Crippen LogP contribution in [0, 0.1) is 5.82 Å². The first-order chi connectivity index (χ1) is 13.8. The van der Waals surface area contributed by atoms with Crippen LogP contribution in [0.5, 0.6) is 5.75 Å². The molecule has 0 fully saturated rings. The second kappa shape index (κ2) is 9.47. The Morgan fingerprint density at radius 1 is 1.28 bits per heavy atom. The van der Waals surface area contributed by atoms with E-state index in [1.165, 1.54) is 30.0 Å². The number of thioether (sulfide) groups is 1. The topological polar surface area (TPSA) is 69.0 Å². The predicted molar refractivity (Wildman–Crippen MR) is 112 cm³/mol. The summed E-state index contributed by atoms with van der Waals surface area (Å²) >= 11 is 13.2. The van der Waals surface area contributed by atoms with Gasteiger partial charge in [-0.2, -0.15) is 0 Å². The number of hydrogen-bond donors (Lipinski definition) is 1. The van der Waals surface area contributed by atoms with Gasteiger partial charge < -0.3 is 14.6 Å². The molecule has 3 rings (SSSR count). The third-order valence-electron chi connectivity index (χ3n) is 3.87. The molecule has 0 aliphatic carbocycles. The average Bonchev–Trinajstić information content (AvgIpc) is 3.03. The van der Waals surface area contributed by atoms with Gasteiger partial charge >= 0.3 is 0 Å². The smallest absolute Gasteiger partial charge is 0.234 e. The lowest BCUT2D eigenvalue weighted by atomic mass is 10.3. The SMILES string of the molecule is CC(Oc1ccc(F)cc1Cl)c1nnc(SCC(=O)Nc2cccc(Cl)c2)n1C. The standard InChI is InChI=1S/C19H17Cl2FN4O2S/c1-11(28-16-7-6-13(22)9-15(16)21)18-24-25-19(26(18)2)29-10-17(27)23-14-5-3-4-12(20)8-14/h3-9,11H,10H2,1-2H3,(H,23,27). The summed E-state index contributed by atoms with van der Waals surface area (Å²) in [4.78, 5) is 12.2. The minimum atomic E-state index is -0.481. The normalized spacial score (nSPS) is 11.9. The number of rotatable bonds is 7. The second-order valence-electron chi connectivity index (χ2n) is 6.08. The van der Waals surface area contributed by atoms with Gasteiger partial charge in [0.05, 0.1) is 10.8 Å². The maximum Gasteiger partial charge on any atom is 0.234 e. The van der Waals surface area contributed by atoms with Crippen molar-refractivity contribution < 1.29 is 13.9 Å². The highest BCUT2D eigenvalue weighted by Crippen LogP contribution is 2.30. The monoisotopic (exact) mass is 454 g/mol. The van der Waals surface area contributed by atoms with E-state index in [9.17, 15) is 9.18 Å². The molecule has 10 heteroatoms. The maximum atomic E-state index is 13.2. The molecule has 3 aromatic rings. The fourth-order valence-electron chi connectivity index (χ4n) is 2.51. The lowest BCUT2D eigenvalue weighted by molar-refractivity contribution is -0.113. The largest absolute Gasteiger partial charge is 0.481 e. The van der Waals surface area contributed by atoms with Gasteiger partial charge in [-0.05, 0) is 43.3 Å². The van der Waals surface area contributed by atoms with Gasteiger partial charge in [0.25, 0.3) is 0 Å². The minimum Gasteiger partial charge on any atom is -0.481 e. The summed E-state index contributed by atoms with van der Waals surface area (Å²) in [6.45, 7) is 1.78. The molecule has 0 radical (unpaired) electrons. The van der Waals surface area contributed by atoms with Crippen molar-refractivity contribution in [1.29, 1.82) is 0 Å². The molecule has 0 saturated carbocycles. The Bertz CT molecular complexity index is 1030. The van der Waals surface area contributed by atoms with E-state index in [1.54, 1.807) is 42.8 Å². The van der Waals surface area contributed by atoms with Crippen molar-refractivity contribution in [3.05, 3.63) is 64.2 Å². The molecule has 1 amide bonds. The van der Waals surface area contributed by atoms with Crippen LogP contribution in [-0.2, 0) is 11.8 Å². The van der Waals surface area contributed by atoms with Crippen LogP contribution in [0.25, 0.3) is 0 Å². The lowest BCUT2D eigenvalue weighted by Gasteiger charge is -2.15. The number of ether oxygens (including phenoxy) is 1.